The van der Waals surface area contributed by atoms with Crippen LogP contribution >= 0.6 is 0 Å². The number of rotatable bonds is 11. The number of carbonyl (C=O) groups excluding carboxylic acids is 2. The minimum Gasteiger partial charge on any atom is -0.352 e. The summed E-state index contributed by atoms with van der Waals surface area (Å²) in [7, 11) is -3.77. The van der Waals surface area contributed by atoms with Gasteiger partial charge in [-0.25, -0.2) is 8.42 Å². The summed E-state index contributed by atoms with van der Waals surface area (Å²) in [5.41, 5.74) is 3.22. The Bertz CT molecular complexity index is 1130. The van der Waals surface area contributed by atoms with Crippen molar-refractivity contribution in [1.82, 2.24) is 10.2 Å². The first-order chi connectivity index (χ1) is 16.3. The van der Waals surface area contributed by atoms with Crippen molar-refractivity contribution in [3.63, 3.8) is 0 Å². The van der Waals surface area contributed by atoms with E-state index in [4.69, 9.17) is 0 Å². The lowest BCUT2D eigenvalue weighted by Gasteiger charge is -2.32. The van der Waals surface area contributed by atoms with Crippen molar-refractivity contribution in [3.8, 4) is 0 Å². The van der Waals surface area contributed by atoms with Gasteiger partial charge in [-0.2, -0.15) is 0 Å². The maximum absolute atomic E-state index is 13.7. The van der Waals surface area contributed by atoms with Crippen molar-refractivity contribution in [2.24, 2.45) is 0 Å². The van der Waals surface area contributed by atoms with Crippen LogP contribution in [0.4, 0.5) is 5.69 Å². The third-order valence-electron chi connectivity index (χ3n) is 6.11. The van der Waals surface area contributed by atoms with Gasteiger partial charge in [0.1, 0.15) is 12.6 Å². The molecule has 8 heteroatoms. The van der Waals surface area contributed by atoms with Crippen LogP contribution in [0.15, 0.2) is 48.5 Å². The average molecular weight is 502 g/mol. The highest BCUT2D eigenvalue weighted by Crippen LogP contribution is 2.29. The summed E-state index contributed by atoms with van der Waals surface area (Å²) >= 11 is 0. The molecule has 0 fully saturated rings. The second-order valence-corrected chi connectivity index (χ2v) is 11.4. The van der Waals surface area contributed by atoms with Crippen molar-refractivity contribution in [2.75, 3.05) is 17.1 Å². The molecule has 2 amide bonds. The van der Waals surface area contributed by atoms with Crippen LogP contribution in [0.5, 0.6) is 0 Å². The van der Waals surface area contributed by atoms with Crippen molar-refractivity contribution < 1.29 is 18.0 Å². The Balaban J connectivity index is 2.45. The summed E-state index contributed by atoms with van der Waals surface area (Å²) in [6.45, 7) is 11.3. The van der Waals surface area contributed by atoms with Gasteiger partial charge in [-0.15, -0.1) is 0 Å². The topological polar surface area (TPSA) is 86.8 Å². The second-order valence-electron chi connectivity index (χ2n) is 9.49. The summed E-state index contributed by atoms with van der Waals surface area (Å²) in [6, 6.07) is 14.1. The number of para-hydroxylation sites is 1. The maximum Gasteiger partial charge on any atom is 0.244 e. The number of aryl methyl sites for hydroxylation is 1. The summed E-state index contributed by atoms with van der Waals surface area (Å²) < 4.78 is 26.8. The molecule has 2 aromatic rings. The maximum atomic E-state index is 13.7. The van der Waals surface area contributed by atoms with Crippen molar-refractivity contribution >= 4 is 27.5 Å². The van der Waals surface area contributed by atoms with E-state index >= 15 is 0 Å². The van der Waals surface area contributed by atoms with Gasteiger partial charge in [0.2, 0.25) is 21.8 Å². The standard InChI is InChI=1S/C27H39N3O4S/c1-8-21(5)28-27(32)22(6)29(17-23-13-11-12-20(4)16-23)26(31)18-30(35(7,33)34)25-15-10-9-14-24(25)19(2)3/h9-16,19,21-22H,8,17-18H2,1-7H3,(H,28,32)/t21-,22+/m1/s1. The number of nitrogens with one attached hydrogen (secondary N) is 1. The minimum atomic E-state index is -3.77. The molecular formula is C27H39N3O4S. The van der Waals surface area contributed by atoms with Gasteiger partial charge in [-0.05, 0) is 50.3 Å². The lowest BCUT2D eigenvalue weighted by Crippen LogP contribution is -2.52. The Morgan fingerprint density at radius 1 is 1.00 bits per heavy atom. The van der Waals surface area contributed by atoms with E-state index in [1.165, 1.54) is 4.90 Å². The zero-order chi connectivity index (χ0) is 26.3. The van der Waals surface area contributed by atoms with Gasteiger partial charge in [-0.3, -0.25) is 13.9 Å². The van der Waals surface area contributed by atoms with E-state index < -0.39 is 28.5 Å². The monoisotopic (exact) mass is 501 g/mol. The van der Waals surface area contributed by atoms with E-state index in [9.17, 15) is 18.0 Å². The molecule has 0 spiro atoms. The number of carbonyl (C=O) groups is 2. The van der Waals surface area contributed by atoms with E-state index in [0.717, 1.165) is 33.7 Å². The smallest absolute Gasteiger partial charge is 0.244 e. The van der Waals surface area contributed by atoms with Crippen molar-refractivity contribution in [3.05, 3.63) is 65.2 Å². The highest BCUT2D eigenvalue weighted by Gasteiger charge is 2.31. The van der Waals surface area contributed by atoms with E-state index in [2.05, 4.69) is 5.32 Å². The van der Waals surface area contributed by atoms with Crippen LogP contribution in [0.1, 0.15) is 63.6 Å². The Kier molecular flexibility index (Phi) is 9.89. The molecule has 1 N–H and O–H groups in total. The molecule has 0 saturated heterocycles. The minimum absolute atomic E-state index is 0.0358. The molecule has 192 valence electrons. The highest BCUT2D eigenvalue weighted by molar-refractivity contribution is 7.92. The largest absolute Gasteiger partial charge is 0.352 e. The third kappa shape index (κ3) is 7.82. The molecule has 0 aliphatic rings. The van der Waals surface area contributed by atoms with Crippen LogP contribution in [0, 0.1) is 6.92 Å². The number of amides is 2. The highest BCUT2D eigenvalue weighted by atomic mass is 32.2. The molecule has 7 nitrogen and oxygen atoms in total. The Labute approximate surface area is 210 Å². The van der Waals surface area contributed by atoms with E-state index in [-0.39, 0.29) is 24.4 Å². The molecule has 2 atom stereocenters. The fraction of sp³-hybridized carbons (Fsp3) is 0.481. The zero-order valence-corrected chi connectivity index (χ0v) is 22.7. The van der Waals surface area contributed by atoms with Gasteiger partial charge in [0.05, 0.1) is 11.9 Å². The van der Waals surface area contributed by atoms with Gasteiger partial charge < -0.3 is 10.2 Å². The number of benzene rings is 2. The first-order valence-corrected chi connectivity index (χ1v) is 13.9. The van der Waals surface area contributed by atoms with Crippen LogP contribution in [0.3, 0.4) is 0 Å². The van der Waals surface area contributed by atoms with Gasteiger partial charge in [0.25, 0.3) is 0 Å². The Morgan fingerprint density at radius 3 is 2.23 bits per heavy atom. The third-order valence-corrected chi connectivity index (χ3v) is 7.24. The predicted octanol–water partition coefficient (Wildman–Crippen LogP) is 4.22. The van der Waals surface area contributed by atoms with Crippen LogP contribution in [-0.4, -0.2) is 50.0 Å². The molecule has 35 heavy (non-hydrogen) atoms. The summed E-state index contributed by atoms with van der Waals surface area (Å²) in [5, 5.41) is 2.94. The molecule has 0 heterocycles. The van der Waals surface area contributed by atoms with Crippen LogP contribution in [0.2, 0.25) is 0 Å². The van der Waals surface area contributed by atoms with E-state index in [0.29, 0.717) is 5.69 Å². The van der Waals surface area contributed by atoms with Crippen molar-refractivity contribution in [1.29, 1.82) is 0 Å². The summed E-state index contributed by atoms with van der Waals surface area (Å²) in [4.78, 5) is 28.1. The first kappa shape index (κ1) is 28.4. The van der Waals surface area contributed by atoms with E-state index in [1.807, 2.05) is 71.0 Å². The normalized spacial score (nSPS) is 13.3. The zero-order valence-electron chi connectivity index (χ0n) is 21.9. The average Bonchev–Trinajstić information content (AvgIpc) is 2.79. The number of sulfonamides is 1. The quantitative estimate of drug-likeness (QED) is 0.500. The van der Waals surface area contributed by atoms with Crippen molar-refractivity contribution in [2.45, 2.75) is 72.5 Å². The molecule has 0 bridgehead atoms. The van der Waals surface area contributed by atoms with Gasteiger partial charge >= 0.3 is 0 Å². The molecule has 2 aromatic carbocycles. The molecule has 2 rings (SSSR count). The molecular weight excluding hydrogens is 462 g/mol. The number of hydrogen-bond donors (Lipinski definition) is 1. The molecule has 0 unspecified atom stereocenters. The van der Waals surface area contributed by atoms with Crippen LogP contribution in [-0.2, 0) is 26.2 Å². The molecule has 0 aromatic heterocycles. The molecule has 0 radical (unpaired) electrons. The fourth-order valence-electron chi connectivity index (χ4n) is 3.85. The molecule has 0 saturated carbocycles. The van der Waals surface area contributed by atoms with E-state index in [1.54, 1.807) is 19.1 Å². The molecule has 0 aliphatic carbocycles. The fourth-order valence-corrected chi connectivity index (χ4v) is 4.72. The SMILES string of the molecule is CC[C@@H](C)NC(=O)[C@H](C)N(Cc1cccc(C)c1)C(=O)CN(c1ccccc1C(C)C)S(C)(=O)=O. The van der Waals surface area contributed by atoms with Gasteiger partial charge in [0, 0.05) is 12.6 Å². The first-order valence-electron chi connectivity index (χ1n) is 12.1. The van der Waals surface area contributed by atoms with Crippen LogP contribution < -0.4 is 9.62 Å². The second kappa shape index (κ2) is 12.2. The predicted molar refractivity (Wildman–Crippen MR) is 142 cm³/mol. The van der Waals surface area contributed by atoms with Gasteiger partial charge in [0.15, 0.2) is 0 Å². The number of anilines is 1. The van der Waals surface area contributed by atoms with Crippen LogP contribution in [0.25, 0.3) is 0 Å². The number of nitrogens with zero attached hydrogens (tertiary/aromatic N) is 2. The summed E-state index contributed by atoms with van der Waals surface area (Å²) in [6.07, 6.45) is 1.86. The Morgan fingerprint density at radius 2 is 1.66 bits per heavy atom. The Hall–Kier alpha value is -2.87. The van der Waals surface area contributed by atoms with Gasteiger partial charge in [-0.1, -0.05) is 68.8 Å². The lowest BCUT2D eigenvalue weighted by atomic mass is 10.0. The lowest BCUT2D eigenvalue weighted by molar-refractivity contribution is -0.139. The summed E-state index contributed by atoms with van der Waals surface area (Å²) in [5.74, 6) is -0.648. The molecule has 0 aliphatic heterocycles. The number of hydrogen-bond acceptors (Lipinski definition) is 4.